The zero-order valence-corrected chi connectivity index (χ0v) is 8.83. The van der Waals surface area contributed by atoms with Crippen LogP contribution in [0, 0.1) is 0 Å². The van der Waals surface area contributed by atoms with Gasteiger partial charge in [-0.3, -0.25) is 0 Å². The predicted octanol–water partition coefficient (Wildman–Crippen LogP) is 2.99. The van der Waals surface area contributed by atoms with E-state index < -0.39 is 0 Å². The highest BCUT2D eigenvalue weighted by Crippen LogP contribution is 2.12. The van der Waals surface area contributed by atoms with Crippen molar-refractivity contribution in [3.8, 4) is 0 Å². The van der Waals surface area contributed by atoms with Crippen LogP contribution in [0.4, 0.5) is 0 Å². The molecule has 70 valence electrons. The molecule has 0 N–H and O–H groups in total. The average Bonchev–Trinajstić information content (AvgIpc) is 2.27. The first-order valence-electron chi connectivity index (χ1n) is 5.12. The summed E-state index contributed by atoms with van der Waals surface area (Å²) >= 11 is 5.35. The van der Waals surface area contributed by atoms with Gasteiger partial charge < -0.3 is 4.90 Å². The van der Waals surface area contributed by atoms with Crippen molar-refractivity contribution in [3.05, 3.63) is 0 Å². The van der Waals surface area contributed by atoms with Crippen molar-refractivity contribution in [2.24, 2.45) is 0 Å². The van der Waals surface area contributed by atoms with Gasteiger partial charge in [-0.2, -0.15) is 0 Å². The molecule has 12 heavy (non-hydrogen) atoms. The summed E-state index contributed by atoms with van der Waals surface area (Å²) in [5.41, 5.74) is 0. The molecule has 0 atom stereocenters. The second-order valence-electron chi connectivity index (χ2n) is 3.55. The summed E-state index contributed by atoms with van der Waals surface area (Å²) < 4.78 is 0. The van der Waals surface area contributed by atoms with Gasteiger partial charge in [-0.05, 0) is 25.7 Å². The van der Waals surface area contributed by atoms with Crippen molar-refractivity contribution in [2.75, 3.05) is 13.1 Å². The lowest BCUT2D eigenvalue weighted by atomic mass is 10.2. The highest BCUT2D eigenvalue weighted by Gasteiger charge is 2.11. The summed E-state index contributed by atoms with van der Waals surface area (Å²) in [6.07, 6.45) is 7.73. The van der Waals surface area contributed by atoms with Gasteiger partial charge in [-0.1, -0.05) is 32.0 Å². The Labute approximate surface area is 81.1 Å². The van der Waals surface area contributed by atoms with E-state index in [0.29, 0.717) is 0 Å². The maximum absolute atomic E-state index is 5.35. The van der Waals surface area contributed by atoms with Crippen molar-refractivity contribution >= 4 is 17.2 Å². The van der Waals surface area contributed by atoms with Crippen LogP contribution in [0.5, 0.6) is 0 Å². The zero-order chi connectivity index (χ0) is 8.81. The van der Waals surface area contributed by atoms with Crippen LogP contribution in [0.15, 0.2) is 0 Å². The molecule has 0 saturated carbocycles. The van der Waals surface area contributed by atoms with Gasteiger partial charge in [0, 0.05) is 13.1 Å². The molecule has 0 amide bonds. The third-order valence-electron chi connectivity index (χ3n) is 2.45. The molecule has 1 fully saturated rings. The number of likely N-dealkylation sites (tertiary alicyclic amines) is 1. The van der Waals surface area contributed by atoms with Crippen LogP contribution < -0.4 is 0 Å². The van der Waals surface area contributed by atoms with Gasteiger partial charge in [0.25, 0.3) is 0 Å². The Morgan fingerprint density at radius 3 is 2.92 bits per heavy atom. The van der Waals surface area contributed by atoms with Crippen LogP contribution in [0.2, 0.25) is 0 Å². The molecule has 0 bridgehead atoms. The molecule has 1 aliphatic rings. The summed E-state index contributed by atoms with van der Waals surface area (Å²) in [6, 6.07) is 0. The molecule has 1 saturated heterocycles. The minimum atomic E-state index is 1.15. The highest BCUT2D eigenvalue weighted by atomic mass is 32.1. The van der Waals surface area contributed by atoms with E-state index in [-0.39, 0.29) is 0 Å². The number of hydrogen-bond acceptors (Lipinski definition) is 1. The van der Waals surface area contributed by atoms with Gasteiger partial charge in [0.2, 0.25) is 0 Å². The van der Waals surface area contributed by atoms with Crippen molar-refractivity contribution < 1.29 is 0 Å². The predicted molar refractivity (Wildman–Crippen MR) is 57.5 cm³/mol. The van der Waals surface area contributed by atoms with E-state index in [1.807, 2.05) is 0 Å². The third-order valence-corrected chi connectivity index (χ3v) is 2.92. The highest BCUT2D eigenvalue weighted by molar-refractivity contribution is 7.80. The smallest absolute Gasteiger partial charge is 0.0779 e. The summed E-state index contributed by atoms with van der Waals surface area (Å²) in [6.45, 7) is 4.63. The second kappa shape index (κ2) is 5.52. The largest absolute Gasteiger partial charge is 0.366 e. The maximum Gasteiger partial charge on any atom is 0.0779 e. The lowest BCUT2D eigenvalue weighted by Crippen LogP contribution is -2.29. The normalized spacial score (nSPS) is 19.4. The Bertz CT molecular complexity index is 145. The first-order chi connectivity index (χ1) is 5.84. The van der Waals surface area contributed by atoms with Crippen molar-refractivity contribution in [2.45, 2.75) is 45.4 Å². The Kier molecular flexibility index (Phi) is 4.59. The van der Waals surface area contributed by atoms with Crippen LogP contribution in [0.3, 0.4) is 0 Å². The molecule has 1 nitrogen and oxygen atoms in total. The van der Waals surface area contributed by atoms with Crippen LogP contribution in [0.1, 0.15) is 45.4 Å². The number of rotatable bonds is 3. The van der Waals surface area contributed by atoms with Crippen LogP contribution >= 0.6 is 12.2 Å². The molecular weight excluding hydrogens is 166 g/mol. The monoisotopic (exact) mass is 185 g/mol. The first-order valence-corrected chi connectivity index (χ1v) is 5.53. The molecule has 2 heteroatoms. The Morgan fingerprint density at radius 2 is 2.17 bits per heavy atom. The zero-order valence-electron chi connectivity index (χ0n) is 8.01. The van der Waals surface area contributed by atoms with E-state index in [0.717, 1.165) is 6.42 Å². The van der Waals surface area contributed by atoms with Gasteiger partial charge >= 0.3 is 0 Å². The van der Waals surface area contributed by atoms with Crippen LogP contribution in [-0.4, -0.2) is 23.0 Å². The van der Waals surface area contributed by atoms with Crippen LogP contribution in [-0.2, 0) is 0 Å². The molecule has 1 rings (SSSR count). The number of nitrogens with zero attached hydrogens (tertiary/aromatic N) is 1. The Hall–Kier alpha value is -0.110. The molecule has 0 aromatic rings. The number of unbranched alkanes of at least 4 members (excludes halogenated alkanes) is 1. The average molecular weight is 185 g/mol. The van der Waals surface area contributed by atoms with Gasteiger partial charge in [0.1, 0.15) is 0 Å². The topological polar surface area (TPSA) is 3.24 Å². The second-order valence-corrected chi connectivity index (χ2v) is 4.02. The number of hydrogen-bond donors (Lipinski definition) is 0. The summed E-state index contributed by atoms with van der Waals surface area (Å²) in [5.74, 6) is 0. The standard InChI is InChI=1S/C10H19NS/c1-2-3-8-11-9-6-4-5-7-10(11)12/h2-9H2,1H3. The van der Waals surface area contributed by atoms with E-state index >= 15 is 0 Å². The molecule has 0 aromatic carbocycles. The Morgan fingerprint density at radius 1 is 1.33 bits per heavy atom. The van der Waals surface area contributed by atoms with Crippen molar-refractivity contribution in [3.63, 3.8) is 0 Å². The fraction of sp³-hybridized carbons (Fsp3) is 0.900. The van der Waals surface area contributed by atoms with Gasteiger partial charge in [-0.15, -0.1) is 0 Å². The van der Waals surface area contributed by atoms with Crippen molar-refractivity contribution in [1.82, 2.24) is 4.90 Å². The van der Waals surface area contributed by atoms with E-state index in [1.165, 1.54) is 50.2 Å². The molecule has 0 radical (unpaired) electrons. The third kappa shape index (κ3) is 3.10. The van der Waals surface area contributed by atoms with Gasteiger partial charge in [-0.25, -0.2) is 0 Å². The molecule has 1 heterocycles. The SMILES string of the molecule is CCCCN1CCCCCC1=S. The summed E-state index contributed by atoms with van der Waals surface area (Å²) in [7, 11) is 0. The maximum atomic E-state index is 5.35. The van der Waals surface area contributed by atoms with E-state index in [1.54, 1.807) is 0 Å². The number of thiocarbonyl (C=S) groups is 1. The molecule has 0 spiro atoms. The minimum absolute atomic E-state index is 1.15. The van der Waals surface area contributed by atoms with Gasteiger partial charge in [0.05, 0.1) is 4.99 Å². The van der Waals surface area contributed by atoms with E-state index in [4.69, 9.17) is 12.2 Å². The minimum Gasteiger partial charge on any atom is -0.366 e. The molecule has 0 aliphatic carbocycles. The lowest BCUT2D eigenvalue weighted by molar-refractivity contribution is 0.410. The molecule has 0 unspecified atom stereocenters. The summed E-state index contributed by atoms with van der Waals surface area (Å²) in [5, 5.41) is 0. The quantitative estimate of drug-likeness (QED) is 0.622. The molecule has 0 aromatic heterocycles. The molecule has 1 aliphatic heterocycles. The van der Waals surface area contributed by atoms with E-state index in [9.17, 15) is 0 Å². The first kappa shape index (κ1) is 9.97. The van der Waals surface area contributed by atoms with Gasteiger partial charge in [0.15, 0.2) is 0 Å². The fourth-order valence-electron chi connectivity index (χ4n) is 1.62. The fourth-order valence-corrected chi connectivity index (χ4v) is 1.95. The molecular formula is C10H19NS. The van der Waals surface area contributed by atoms with Crippen molar-refractivity contribution in [1.29, 1.82) is 0 Å². The lowest BCUT2D eigenvalue weighted by Gasteiger charge is -2.22. The summed E-state index contributed by atoms with van der Waals surface area (Å²) in [4.78, 5) is 3.62. The Balaban J connectivity index is 2.31. The van der Waals surface area contributed by atoms with E-state index in [2.05, 4.69) is 11.8 Å². The van der Waals surface area contributed by atoms with Crippen LogP contribution in [0.25, 0.3) is 0 Å².